The lowest BCUT2D eigenvalue weighted by molar-refractivity contribution is -0.387. The molecule has 1 aliphatic rings. The zero-order valence-electron chi connectivity index (χ0n) is 28.7. The molecular formula is C33H40F2N8O5S2. The molecule has 0 aliphatic carbocycles. The summed E-state index contributed by atoms with van der Waals surface area (Å²) in [6.45, 7) is 6.78. The Morgan fingerprint density at radius 2 is 1.88 bits per heavy atom. The summed E-state index contributed by atoms with van der Waals surface area (Å²) in [7, 11) is 1.21. The number of benzene rings is 2. The Balaban J connectivity index is 1.47. The van der Waals surface area contributed by atoms with Crippen LogP contribution < -0.4 is 15.0 Å². The third-order valence-electron chi connectivity index (χ3n) is 8.79. The molecular weight excluding hydrogens is 691 g/mol. The number of H-pyrrole nitrogens is 1. The van der Waals surface area contributed by atoms with Crippen molar-refractivity contribution in [2.75, 3.05) is 51.1 Å². The van der Waals surface area contributed by atoms with Gasteiger partial charge in [0.15, 0.2) is 32.4 Å². The minimum atomic E-state index is -4.44. The number of hydrogen-bond acceptors (Lipinski definition) is 12. The summed E-state index contributed by atoms with van der Waals surface area (Å²) in [6.07, 6.45) is 3.02. The predicted molar refractivity (Wildman–Crippen MR) is 187 cm³/mol. The normalized spacial score (nSPS) is 14.3. The number of nitrogens with zero attached hydrogens (tertiary/aromatic N) is 6. The van der Waals surface area contributed by atoms with Crippen molar-refractivity contribution in [1.82, 2.24) is 25.1 Å². The summed E-state index contributed by atoms with van der Waals surface area (Å²) in [4.78, 5) is 23.7. The number of aryl methyl sites for hydroxylation is 1. The van der Waals surface area contributed by atoms with Gasteiger partial charge in [0.2, 0.25) is 11.6 Å². The van der Waals surface area contributed by atoms with Crippen LogP contribution in [0.2, 0.25) is 0 Å². The fourth-order valence-corrected chi connectivity index (χ4v) is 8.12. The lowest BCUT2D eigenvalue weighted by Crippen LogP contribution is -2.35. The van der Waals surface area contributed by atoms with E-state index >= 15 is 8.78 Å². The molecule has 0 saturated carbocycles. The van der Waals surface area contributed by atoms with Crippen molar-refractivity contribution in [3.63, 3.8) is 0 Å². The molecule has 4 aromatic rings. The van der Waals surface area contributed by atoms with Gasteiger partial charge in [-0.15, -0.1) is 0 Å². The topological polar surface area (TPSA) is 159 Å². The minimum Gasteiger partial charge on any atom is -0.490 e. The Hall–Kier alpha value is -4.35. The molecule has 17 heteroatoms. The van der Waals surface area contributed by atoms with Gasteiger partial charge in [0, 0.05) is 36.5 Å². The maximum absolute atomic E-state index is 15.8. The van der Waals surface area contributed by atoms with E-state index < -0.39 is 47.3 Å². The number of ether oxygens (including phenoxy) is 1. The molecule has 1 fully saturated rings. The summed E-state index contributed by atoms with van der Waals surface area (Å²) < 4.78 is 62.2. The van der Waals surface area contributed by atoms with Gasteiger partial charge in [-0.3, -0.25) is 15.2 Å². The molecule has 3 heterocycles. The van der Waals surface area contributed by atoms with Crippen LogP contribution in [0.25, 0.3) is 0 Å². The van der Waals surface area contributed by atoms with E-state index in [9.17, 15) is 18.5 Å². The van der Waals surface area contributed by atoms with E-state index in [-0.39, 0.29) is 10.1 Å². The average Bonchev–Trinajstić information content (AvgIpc) is 3.48. The fraction of sp³-hybridized carbons (Fsp3) is 0.424. The van der Waals surface area contributed by atoms with Crippen LogP contribution >= 0.6 is 11.8 Å². The largest absolute Gasteiger partial charge is 0.490 e. The summed E-state index contributed by atoms with van der Waals surface area (Å²) in [5.74, 6) is 0.187. The quantitative estimate of drug-likeness (QED) is 0.0878. The smallest absolute Gasteiger partial charge is 0.305 e. The van der Waals surface area contributed by atoms with E-state index in [4.69, 9.17) is 9.72 Å². The summed E-state index contributed by atoms with van der Waals surface area (Å²) in [5, 5.41) is 21.8. The maximum atomic E-state index is 15.8. The number of aromatic nitrogens is 4. The SMILES string of the molecule is COc1c(Nc2cc(C)[nH]n2)nc(Sc2ccc(S(=O)(=O)C(C)(C)c3cccc([N+](=O)[O-])c3F)cc2F)nc1N1CCC(CCN(C)C)CC1. The van der Waals surface area contributed by atoms with Crippen molar-refractivity contribution < 1.29 is 26.9 Å². The molecule has 0 bridgehead atoms. The Kier molecular flexibility index (Phi) is 11.0. The second kappa shape index (κ2) is 14.9. The van der Waals surface area contributed by atoms with E-state index in [1.807, 2.05) is 6.92 Å². The Bertz CT molecular complexity index is 1980. The van der Waals surface area contributed by atoms with Gasteiger partial charge in [0.25, 0.3) is 0 Å². The molecule has 5 rings (SSSR count). The number of nitro benzene ring substituents is 1. The molecule has 2 aromatic carbocycles. The molecule has 1 saturated heterocycles. The van der Waals surface area contributed by atoms with Crippen LogP contribution in [0.5, 0.6) is 5.75 Å². The van der Waals surface area contributed by atoms with Crippen LogP contribution in [0.4, 0.5) is 31.9 Å². The van der Waals surface area contributed by atoms with Crippen LogP contribution in [0.3, 0.4) is 0 Å². The molecule has 1 aliphatic heterocycles. The van der Waals surface area contributed by atoms with Gasteiger partial charge >= 0.3 is 5.69 Å². The highest BCUT2D eigenvalue weighted by Gasteiger charge is 2.41. The van der Waals surface area contributed by atoms with E-state index in [0.717, 1.165) is 68.5 Å². The predicted octanol–water partition coefficient (Wildman–Crippen LogP) is 6.48. The number of aromatic amines is 1. The van der Waals surface area contributed by atoms with E-state index in [2.05, 4.69) is 44.4 Å². The first-order valence-corrected chi connectivity index (χ1v) is 18.2. The van der Waals surface area contributed by atoms with Gasteiger partial charge in [-0.1, -0.05) is 12.1 Å². The zero-order chi connectivity index (χ0) is 36.4. The van der Waals surface area contributed by atoms with Gasteiger partial charge in [-0.2, -0.15) is 9.49 Å². The molecule has 50 heavy (non-hydrogen) atoms. The summed E-state index contributed by atoms with van der Waals surface area (Å²) in [5.41, 5.74) is -0.435. The number of halogens is 2. The standard InChI is InChI=1S/C33H40F2N8O5S2/c1-20-18-27(40-39-20)36-30-29(48-6)31(42-16-13-21(14-17-42)12-15-41(4)5)38-32(37-30)49-26-11-10-22(19-24(26)34)50(46,47)33(2,3)23-8-7-9-25(28(23)35)43(44)45/h7-11,18-19,21H,12-17H2,1-6H3,(H2,36,37,38,39,40). The molecule has 13 nitrogen and oxygen atoms in total. The highest BCUT2D eigenvalue weighted by Crippen LogP contribution is 2.42. The number of sulfone groups is 1. The first-order chi connectivity index (χ1) is 23.6. The number of rotatable bonds is 13. The highest BCUT2D eigenvalue weighted by molar-refractivity contribution is 7.99. The molecule has 2 N–H and O–H groups in total. The van der Waals surface area contributed by atoms with Gasteiger partial charge in [-0.05, 0) is 96.6 Å². The fourth-order valence-electron chi connectivity index (χ4n) is 5.82. The molecule has 2 aromatic heterocycles. The minimum absolute atomic E-state index is 0.0448. The number of hydrogen-bond donors (Lipinski definition) is 2. The summed E-state index contributed by atoms with van der Waals surface area (Å²) in [6, 6.07) is 8.48. The van der Waals surface area contributed by atoms with E-state index in [0.29, 0.717) is 29.1 Å². The van der Waals surface area contributed by atoms with E-state index in [1.165, 1.54) is 45.2 Å². The lowest BCUT2D eigenvalue weighted by Gasteiger charge is -2.34. The molecule has 0 atom stereocenters. The first-order valence-electron chi connectivity index (χ1n) is 15.9. The monoisotopic (exact) mass is 730 g/mol. The Morgan fingerprint density at radius 1 is 1.16 bits per heavy atom. The average molecular weight is 731 g/mol. The van der Waals surface area contributed by atoms with Crippen molar-refractivity contribution in [3.05, 3.63) is 75.5 Å². The van der Waals surface area contributed by atoms with Crippen LogP contribution in [-0.4, -0.2) is 79.2 Å². The van der Waals surface area contributed by atoms with Gasteiger partial charge in [-0.25, -0.2) is 22.8 Å². The van der Waals surface area contributed by atoms with E-state index in [1.54, 1.807) is 6.07 Å². The van der Waals surface area contributed by atoms with Gasteiger partial charge < -0.3 is 19.9 Å². The zero-order valence-corrected chi connectivity index (χ0v) is 30.3. The van der Waals surface area contributed by atoms with Crippen molar-refractivity contribution in [2.24, 2.45) is 5.92 Å². The van der Waals surface area contributed by atoms with Crippen molar-refractivity contribution in [3.8, 4) is 5.75 Å². The van der Waals surface area contributed by atoms with Crippen LogP contribution in [0.1, 0.15) is 44.4 Å². The molecule has 0 unspecified atom stereocenters. The number of methoxy groups -OCH3 is 1. The number of anilines is 3. The van der Waals surface area contributed by atoms with Gasteiger partial charge in [0.1, 0.15) is 5.82 Å². The molecule has 268 valence electrons. The maximum Gasteiger partial charge on any atom is 0.305 e. The Labute approximate surface area is 293 Å². The van der Waals surface area contributed by atoms with Crippen LogP contribution in [-0.2, 0) is 14.6 Å². The second-order valence-electron chi connectivity index (χ2n) is 12.9. The number of nitrogens with one attached hydrogen (secondary N) is 2. The molecule has 0 amide bonds. The lowest BCUT2D eigenvalue weighted by atomic mass is 9.93. The third-order valence-corrected chi connectivity index (χ3v) is 12.1. The number of piperidine rings is 1. The Morgan fingerprint density at radius 3 is 2.48 bits per heavy atom. The number of nitro groups is 1. The van der Waals surface area contributed by atoms with Crippen LogP contribution in [0.15, 0.2) is 57.4 Å². The van der Waals surface area contributed by atoms with Crippen molar-refractivity contribution in [1.29, 1.82) is 0 Å². The second-order valence-corrected chi connectivity index (χ2v) is 16.4. The van der Waals surface area contributed by atoms with Crippen molar-refractivity contribution in [2.45, 2.75) is 59.7 Å². The third kappa shape index (κ3) is 7.68. The first kappa shape index (κ1) is 36.9. The van der Waals surface area contributed by atoms with Gasteiger partial charge in [0.05, 0.1) is 26.6 Å². The molecule has 0 radical (unpaired) electrons. The van der Waals surface area contributed by atoms with Crippen LogP contribution in [0, 0.1) is 34.6 Å². The van der Waals surface area contributed by atoms with Crippen molar-refractivity contribution >= 4 is 44.7 Å². The highest BCUT2D eigenvalue weighted by atomic mass is 32.2. The molecule has 0 spiro atoms. The summed E-state index contributed by atoms with van der Waals surface area (Å²) >= 11 is 0.901.